The number of hydrogen-bond acceptors (Lipinski definition) is 5. The number of nitrogens with zero attached hydrogens (tertiary/aromatic N) is 1. The Bertz CT molecular complexity index is 794. The van der Waals surface area contributed by atoms with Gasteiger partial charge in [-0.05, 0) is 60.4 Å². The molecule has 0 saturated carbocycles. The summed E-state index contributed by atoms with van der Waals surface area (Å²) in [5.41, 5.74) is 2.28. The average Bonchev–Trinajstić information content (AvgIpc) is 3.27. The average molecular weight is 387 g/mol. The third kappa shape index (κ3) is 4.12. The molecule has 2 aliphatic rings. The third-order valence-electron chi connectivity index (χ3n) is 5.53. The van der Waals surface area contributed by atoms with Crippen LogP contribution in [0.3, 0.4) is 0 Å². The Morgan fingerprint density at radius 2 is 2.04 bits per heavy atom. The monoisotopic (exact) mass is 386 g/mol. The molecule has 3 heterocycles. The zero-order chi connectivity index (χ0) is 18.8. The quantitative estimate of drug-likeness (QED) is 0.837. The molecule has 2 saturated heterocycles. The molecule has 144 valence electrons. The van der Waals surface area contributed by atoms with Crippen LogP contribution in [-0.2, 0) is 11.2 Å². The van der Waals surface area contributed by atoms with Crippen molar-refractivity contribution in [2.75, 3.05) is 19.1 Å². The van der Waals surface area contributed by atoms with Crippen molar-refractivity contribution < 1.29 is 14.3 Å². The number of thiophene rings is 1. The van der Waals surface area contributed by atoms with E-state index in [-0.39, 0.29) is 12.2 Å². The van der Waals surface area contributed by atoms with E-state index in [0.29, 0.717) is 12.1 Å². The van der Waals surface area contributed by atoms with E-state index >= 15 is 0 Å². The predicted molar refractivity (Wildman–Crippen MR) is 108 cm³/mol. The van der Waals surface area contributed by atoms with Crippen LogP contribution >= 0.6 is 11.3 Å². The second-order valence-electron chi connectivity index (χ2n) is 7.45. The van der Waals surface area contributed by atoms with Gasteiger partial charge in [0.05, 0.1) is 7.11 Å². The number of fused-ring (bicyclic) bond motifs is 2. The van der Waals surface area contributed by atoms with Gasteiger partial charge in [-0.1, -0.05) is 12.1 Å². The normalized spacial score (nSPS) is 23.9. The van der Waals surface area contributed by atoms with E-state index in [1.807, 2.05) is 23.6 Å². The molecule has 5 nitrogen and oxygen atoms in total. The molecule has 2 aromatic rings. The Hall–Kier alpha value is -2.05. The maximum absolute atomic E-state index is 12.7. The number of carbonyl (C=O) groups excluding carboxylic acids is 1. The minimum Gasteiger partial charge on any atom is -0.497 e. The number of ether oxygens (including phenoxy) is 2. The maximum Gasteiger partial charge on any atom is 0.414 e. The van der Waals surface area contributed by atoms with Crippen molar-refractivity contribution in [3.63, 3.8) is 0 Å². The van der Waals surface area contributed by atoms with E-state index in [4.69, 9.17) is 9.47 Å². The van der Waals surface area contributed by atoms with Gasteiger partial charge in [-0.3, -0.25) is 4.90 Å². The van der Waals surface area contributed by atoms with Gasteiger partial charge in [-0.2, -0.15) is 0 Å². The van der Waals surface area contributed by atoms with Crippen LogP contribution in [0.4, 0.5) is 9.80 Å². The number of methoxy groups -OCH3 is 1. The molecule has 0 aliphatic carbocycles. The van der Waals surface area contributed by atoms with Crippen molar-refractivity contribution >= 4 is 22.4 Å². The Labute approximate surface area is 164 Å². The molecule has 2 unspecified atom stereocenters. The zero-order valence-corrected chi connectivity index (χ0v) is 16.6. The summed E-state index contributed by atoms with van der Waals surface area (Å²) < 4.78 is 11.1. The lowest BCUT2D eigenvalue weighted by Gasteiger charge is -2.30. The van der Waals surface area contributed by atoms with Crippen LogP contribution in [0.15, 0.2) is 35.7 Å². The van der Waals surface area contributed by atoms with Crippen molar-refractivity contribution in [2.45, 2.75) is 50.3 Å². The summed E-state index contributed by atoms with van der Waals surface area (Å²) in [7, 11) is 3.48. The lowest BCUT2D eigenvalue weighted by Crippen LogP contribution is -2.43. The van der Waals surface area contributed by atoms with Gasteiger partial charge in [0.2, 0.25) is 0 Å². The van der Waals surface area contributed by atoms with Gasteiger partial charge in [0.25, 0.3) is 0 Å². The van der Waals surface area contributed by atoms with Crippen molar-refractivity contribution in [1.82, 2.24) is 5.32 Å². The highest BCUT2D eigenvalue weighted by molar-refractivity contribution is 7.14. The topological polar surface area (TPSA) is 50.8 Å². The van der Waals surface area contributed by atoms with E-state index < -0.39 is 0 Å². The maximum atomic E-state index is 12.7. The highest BCUT2D eigenvalue weighted by Gasteiger charge is 2.35. The lowest BCUT2D eigenvalue weighted by molar-refractivity contribution is 0.0731. The molecule has 27 heavy (non-hydrogen) atoms. The fourth-order valence-electron chi connectivity index (χ4n) is 4.16. The van der Waals surface area contributed by atoms with Gasteiger partial charge in [-0.15, -0.1) is 11.3 Å². The summed E-state index contributed by atoms with van der Waals surface area (Å²) in [6.07, 6.45) is 4.78. The summed E-state index contributed by atoms with van der Waals surface area (Å²) >= 11 is 1.57. The molecule has 2 bridgehead atoms. The Balaban J connectivity index is 1.42. The second kappa shape index (κ2) is 7.90. The second-order valence-corrected chi connectivity index (χ2v) is 8.35. The largest absolute Gasteiger partial charge is 0.497 e. The van der Waals surface area contributed by atoms with Gasteiger partial charge in [0.15, 0.2) is 0 Å². The van der Waals surface area contributed by atoms with Crippen LogP contribution in [0, 0.1) is 0 Å². The number of nitrogens with one attached hydrogen (secondary N) is 1. The van der Waals surface area contributed by atoms with Crippen molar-refractivity contribution in [3.05, 3.63) is 46.8 Å². The van der Waals surface area contributed by atoms with Crippen LogP contribution in [-0.4, -0.2) is 38.4 Å². The van der Waals surface area contributed by atoms with Crippen LogP contribution in [0.5, 0.6) is 5.75 Å². The molecule has 1 amide bonds. The van der Waals surface area contributed by atoms with Crippen molar-refractivity contribution in [3.8, 4) is 5.75 Å². The van der Waals surface area contributed by atoms with Gasteiger partial charge < -0.3 is 14.8 Å². The molecule has 0 radical (unpaired) electrons. The molecule has 1 aromatic carbocycles. The Morgan fingerprint density at radius 1 is 1.26 bits per heavy atom. The molecule has 0 spiro atoms. The first-order valence-electron chi connectivity index (χ1n) is 9.52. The molecule has 1 N–H and O–H groups in total. The van der Waals surface area contributed by atoms with E-state index in [0.717, 1.165) is 41.1 Å². The minimum atomic E-state index is -0.254. The van der Waals surface area contributed by atoms with Crippen LogP contribution in [0.1, 0.15) is 36.8 Å². The van der Waals surface area contributed by atoms with E-state index in [1.54, 1.807) is 30.4 Å². The number of hydrogen-bond donors (Lipinski definition) is 1. The summed E-state index contributed by atoms with van der Waals surface area (Å²) in [5.74, 6) is 0.845. The number of rotatable bonds is 5. The number of amides is 1. The molecular formula is C21H26N2O3S. The fraction of sp³-hybridized carbons (Fsp3) is 0.476. The lowest BCUT2D eigenvalue weighted by atomic mass is 10.0. The summed E-state index contributed by atoms with van der Waals surface area (Å²) in [6.45, 7) is 0. The SMILES string of the molecule is COc1cccc(Cc2ccsc2N(C)C(=O)OC2CC3CCC(C2)N3)c1. The highest BCUT2D eigenvalue weighted by Crippen LogP contribution is 2.32. The van der Waals surface area contributed by atoms with Gasteiger partial charge in [0.1, 0.15) is 16.9 Å². The first kappa shape index (κ1) is 18.3. The molecule has 1 aromatic heterocycles. The molecule has 2 aliphatic heterocycles. The van der Waals surface area contributed by atoms with Crippen LogP contribution in [0.2, 0.25) is 0 Å². The van der Waals surface area contributed by atoms with Crippen molar-refractivity contribution in [2.24, 2.45) is 0 Å². The third-order valence-corrected chi connectivity index (χ3v) is 6.56. The predicted octanol–water partition coefficient (Wildman–Crippen LogP) is 4.20. The molecule has 6 heteroatoms. The number of carbonyl (C=O) groups is 1. The standard InChI is InChI=1S/C21H26N2O3S/c1-23(21(24)26-19-12-16-6-7-17(13-19)22-16)20-15(8-9-27-20)10-14-4-3-5-18(11-14)25-2/h3-5,8-9,11,16-17,19,22H,6-7,10,12-13H2,1-2H3. The Kier molecular flexibility index (Phi) is 5.36. The minimum absolute atomic E-state index is 0.0282. The number of piperidine rings is 1. The van der Waals surface area contributed by atoms with Crippen molar-refractivity contribution in [1.29, 1.82) is 0 Å². The van der Waals surface area contributed by atoms with Gasteiger partial charge in [-0.25, -0.2) is 4.79 Å². The first-order chi connectivity index (χ1) is 13.1. The molecular weight excluding hydrogens is 360 g/mol. The summed E-state index contributed by atoms with van der Waals surface area (Å²) in [5, 5.41) is 6.55. The van der Waals surface area contributed by atoms with Crippen LogP contribution < -0.4 is 15.0 Å². The number of benzene rings is 1. The van der Waals surface area contributed by atoms with Crippen LogP contribution in [0.25, 0.3) is 0 Å². The first-order valence-corrected chi connectivity index (χ1v) is 10.4. The summed E-state index contributed by atoms with van der Waals surface area (Å²) in [4.78, 5) is 14.4. The van der Waals surface area contributed by atoms with Gasteiger partial charge >= 0.3 is 6.09 Å². The summed E-state index contributed by atoms with van der Waals surface area (Å²) in [6, 6.07) is 11.1. The van der Waals surface area contributed by atoms with E-state index in [9.17, 15) is 4.79 Å². The van der Waals surface area contributed by atoms with Gasteiger partial charge in [0, 0.05) is 25.6 Å². The van der Waals surface area contributed by atoms with E-state index in [2.05, 4.69) is 17.4 Å². The highest BCUT2D eigenvalue weighted by atomic mass is 32.1. The molecule has 4 rings (SSSR count). The smallest absolute Gasteiger partial charge is 0.414 e. The molecule has 2 atom stereocenters. The fourth-order valence-corrected chi connectivity index (χ4v) is 5.05. The number of anilines is 1. The molecule has 2 fully saturated rings. The zero-order valence-electron chi connectivity index (χ0n) is 15.8. The Morgan fingerprint density at radius 3 is 2.78 bits per heavy atom. The van der Waals surface area contributed by atoms with E-state index in [1.165, 1.54) is 12.8 Å².